The molecule has 1 atom stereocenters. The molecule has 2 aliphatic rings. The summed E-state index contributed by atoms with van der Waals surface area (Å²) >= 11 is 0. The Bertz CT molecular complexity index is 859. The smallest absolute Gasteiger partial charge is 0.345 e. The summed E-state index contributed by atoms with van der Waals surface area (Å²) < 4.78 is 15.9. The summed E-state index contributed by atoms with van der Waals surface area (Å²) in [4.78, 5) is 28.8. The average molecular weight is 381 g/mol. The highest BCUT2D eigenvalue weighted by atomic mass is 16.6. The molecule has 0 saturated heterocycles. The first-order valence-corrected chi connectivity index (χ1v) is 9.41. The number of ether oxygens (including phenoxy) is 3. The molecule has 1 aromatic rings. The summed E-state index contributed by atoms with van der Waals surface area (Å²) in [5.74, 6) is -0.891. The quantitative estimate of drug-likeness (QED) is 0.323. The monoisotopic (exact) mass is 381 g/mol. The normalized spacial score (nSPS) is 17.1. The van der Waals surface area contributed by atoms with Gasteiger partial charge < -0.3 is 14.2 Å². The summed E-state index contributed by atoms with van der Waals surface area (Å²) in [7, 11) is 0. The fourth-order valence-corrected chi connectivity index (χ4v) is 3.00. The standard InChI is InChI=1S/C22H23NO5/c1-3-26-21(24)18(22(25)27-4-2)13-16-14-23-20-17(11-8-12-19(20)28-16)15-9-6-5-7-10-15/h6,8-14,16H,3-5,7H2,1-2H3. The van der Waals surface area contributed by atoms with E-state index in [9.17, 15) is 9.59 Å². The first kappa shape index (κ1) is 19.6. The number of allylic oxidation sites excluding steroid dienone is 4. The molecular weight excluding hydrogens is 358 g/mol. The van der Waals surface area contributed by atoms with E-state index in [0.29, 0.717) is 5.75 Å². The van der Waals surface area contributed by atoms with Gasteiger partial charge in [0, 0.05) is 11.8 Å². The Labute approximate surface area is 164 Å². The molecule has 1 aliphatic carbocycles. The van der Waals surface area contributed by atoms with Gasteiger partial charge in [0.2, 0.25) is 0 Å². The predicted molar refractivity (Wildman–Crippen MR) is 107 cm³/mol. The first-order valence-electron chi connectivity index (χ1n) is 9.41. The Hall–Kier alpha value is -3.15. The van der Waals surface area contributed by atoms with Crippen LogP contribution in [0.15, 0.2) is 53.1 Å². The van der Waals surface area contributed by atoms with Gasteiger partial charge >= 0.3 is 11.9 Å². The van der Waals surface area contributed by atoms with Crippen molar-refractivity contribution in [1.82, 2.24) is 0 Å². The second kappa shape index (κ2) is 9.17. The fraction of sp³-hybridized carbons (Fsp3) is 0.318. The molecule has 146 valence electrons. The number of esters is 2. The van der Waals surface area contributed by atoms with Gasteiger partial charge in [0.1, 0.15) is 17.0 Å². The van der Waals surface area contributed by atoms with Gasteiger partial charge in [0.05, 0.1) is 13.2 Å². The fourth-order valence-electron chi connectivity index (χ4n) is 3.00. The van der Waals surface area contributed by atoms with E-state index in [1.54, 1.807) is 20.1 Å². The molecule has 0 fully saturated rings. The van der Waals surface area contributed by atoms with Crippen molar-refractivity contribution in [2.45, 2.75) is 32.8 Å². The molecule has 1 unspecified atom stereocenters. The highest BCUT2D eigenvalue weighted by Crippen LogP contribution is 2.39. The molecule has 0 N–H and O–H groups in total. The Morgan fingerprint density at radius 3 is 2.57 bits per heavy atom. The number of rotatable bonds is 6. The number of fused-ring (bicyclic) bond motifs is 1. The molecule has 0 spiro atoms. The number of carbonyl (C=O) groups excluding carboxylic acids is 2. The van der Waals surface area contributed by atoms with Crippen molar-refractivity contribution in [3.05, 3.63) is 53.6 Å². The van der Waals surface area contributed by atoms with Gasteiger partial charge in [-0.3, -0.25) is 4.99 Å². The maximum Gasteiger partial charge on any atom is 0.345 e. The summed E-state index contributed by atoms with van der Waals surface area (Å²) in [6.07, 6.45) is 10.7. The van der Waals surface area contributed by atoms with E-state index >= 15 is 0 Å². The van der Waals surface area contributed by atoms with Crippen LogP contribution in [-0.4, -0.2) is 37.5 Å². The van der Waals surface area contributed by atoms with Crippen molar-refractivity contribution < 1.29 is 23.8 Å². The molecule has 1 heterocycles. The molecule has 1 aliphatic heterocycles. The largest absolute Gasteiger partial charge is 0.478 e. The van der Waals surface area contributed by atoms with E-state index in [1.807, 2.05) is 18.2 Å². The highest BCUT2D eigenvalue weighted by molar-refractivity contribution is 6.14. The zero-order chi connectivity index (χ0) is 19.9. The topological polar surface area (TPSA) is 74.2 Å². The van der Waals surface area contributed by atoms with Crippen LogP contribution in [-0.2, 0) is 19.1 Å². The molecule has 0 radical (unpaired) electrons. The number of para-hydroxylation sites is 1. The molecular formula is C22H23NO5. The summed E-state index contributed by atoms with van der Waals surface area (Å²) in [6, 6.07) is 5.72. The van der Waals surface area contributed by atoms with E-state index in [0.717, 1.165) is 29.7 Å². The van der Waals surface area contributed by atoms with Gasteiger partial charge in [0.25, 0.3) is 0 Å². The Morgan fingerprint density at radius 2 is 1.93 bits per heavy atom. The van der Waals surface area contributed by atoms with Crippen molar-refractivity contribution in [3.63, 3.8) is 0 Å². The lowest BCUT2D eigenvalue weighted by Gasteiger charge is -2.21. The lowest BCUT2D eigenvalue weighted by atomic mass is 9.97. The van der Waals surface area contributed by atoms with Crippen molar-refractivity contribution in [1.29, 1.82) is 0 Å². The second-order valence-electron chi connectivity index (χ2n) is 6.17. The number of nitrogens with zero attached hydrogens (tertiary/aromatic N) is 1. The minimum atomic E-state index is -0.741. The molecule has 6 heteroatoms. The highest BCUT2D eigenvalue weighted by Gasteiger charge is 2.25. The van der Waals surface area contributed by atoms with Gasteiger partial charge in [-0.1, -0.05) is 30.4 Å². The van der Waals surface area contributed by atoms with E-state index in [4.69, 9.17) is 14.2 Å². The molecule has 6 nitrogen and oxygen atoms in total. The Balaban J connectivity index is 1.88. The molecule has 0 saturated carbocycles. The molecule has 0 bridgehead atoms. The van der Waals surface area contributed by atoms with Crippen LogP contribution in [0.1, 0.15) is 32.3 Å². The maximum atomic E-state index is 12.1. The van der Waals surface area contributed by atoms with Crippen LogP contribution in [0.3, 0.4) is 0 Å². The molecule has 0 amide bonds. The summed E-state index contributed by atoms with van der Waals surface area (Å²) in [6.45, 7) is 3.66. The van der Waals surface area contributed by atoms with Gasteiger partial charge in [0.15, 0.2) is 6.10 Å². The molecule has 28 heavy (non-hydrogen) atoms. The third-order valence-electron chi connectivity index (χ3n) is 4.24. The van der Waals surface area contributed by atoms with Gasteiger partial charge in [-0.05, 0) is 44.4 Å². The van der Waals surface area contributed by atoms with Crippen LogP contribution in [0.2, 0.25) is 0 Å². The van der Waals surface area contributed by atoms with Crippen LogP contribution in [0.25, 0.3) is 5.57 Å². The molecule has 0 aromatic heterocycles. The lowest BCUT2D eigenvalue weighted by Crippen LogP contribution is -2.25. The van der Waals surface area contributed by atoms with E-state index < -0.39 is 18.0 Å². The van der Waals surface area contributed by atoms with Crippen molar-refractivity contribution in [3.8, 4) is 5.75 Å². The molecule has 1 aromatic carbocycles. The number of benzene rings is 1. The third-order valence-corrected chi connectivity index (χ3v) is 4.24. The average Bonchev–Trinajstić information content (AvgIpc) is 2.72. The van der Waals surface area contributed by atoms with Gasteiger partial charge in [-0.15, -0.1) is 0 Å². The second-order valence-corrected chi connectivity index (χ2v) is 6.17. The van der Waals surface area contributed by atoms with Crippen LogP contribution < -0.4 is 4.74 Å². The van der Waals surface area contributed by atoms with Crippen LogP contribution >= 0.6 is 0 Å². The van der Waals surface area contributed by atoms with Crippen LogP contribution in [0, 0.1) is 0 Å². The number of hydrogen-bond acceptors (Lipinski definition) is 6. The lowest BCUT2D eigenvalue weighted by molar-refractivity contribution is -0.146. The minimum Gasteiger partial charge on any atom is -0.478 e. The van der Waals surface area contributed by atoms with E-state index in [2.05, 4.69) is 23.2 Å². The Morgan fingerprint density at radius 1 is 1.18 bits per heavy atom. The van der Waals surface area contributed by atoms with Crippen LogP contribution in [0.5, 0.6) is 5.75 Å². The number of hydrogen-bond donors (Lipinski definition) is 0. The minimum absolute atomic E-state index is 0.157. The third kappa shape index (κ3) is 4.39. The number of aliphatic imine (C=N–C) groups is 1. The zero-order valence-electron chi connectivity index (χ0n) is 16.0. The number of carbonyl (C=O) groups is 2. The van der Waals surface area contributed by atoms with Crippen molar-refractivity contribution >= 4 is 29.4 Å². The zero-order valence-corrected chi connectivity index (χ0v) is 16.0. The first-order chi connectivity index (χ1) is 13.6. The SMILES string of the molecule is CCOC(=O)C(=CC1C=Nc2c(cccc2C2=CCCC=C2)O1)C(=O)OCC. The maximum absolute atomic E-state index is 12.1. The van der Waals surface area contributed by atoms with Gasteiger partial charge in [-0.25, -0.2) is 9.59 Å². The van der Waals surface area contributed by atoms with Gasteiger partial charge in [-0.2, -0.15) is 0 Å². The van der Waals surface area contributed by atoms with E-state index in [-0.39, 0.29) is 18.8 Å². The van der Waals surface area contributed by atoms with Crippen molar-refractivity contribution in [2.75, 3.05) is 13.2 Å². The summed E-state index contributed by atoms with van der Waals surface area (Å²) in [5.41, 5.74) is 2.64. The van der Waals surface area contributed by atoms with E-state index in [1.165, 1.54) is 6.08 Å². The van der Waals surface area contributed by atoms with Crippen LogP contribution in [0.4, 0.5) is 5.69 Å². The van der Waals surface area contributed by atoms with Crippen molar-refractivity contribution in [2.24, 2.45) is 4.99 Å². The Kier molecular flexibility index (Phi) is 6.42. The summed E-state index contributed by atoms with van der Waals surface area (Å²) in [5, 5.41) is 0. The predicted octanol–water partition coefficient (Wildman–Crippen LogP) is 3.94. The molecule has 3 rings (SSSR count).